The molecular weight excluding hydrogens is 204 g/mol. The number of benzene rings is 1. The van der Waals surface area contributed by atoms with Gasteiger partial charge in [0.05, 0.1) is 0 Å². The third-order valence-electron chi connectivity index (χ3n) is 4.48. The van der Waals surface area contributed by atoms with Gasteiger partial charge in [0.15, 0.2) is 0 Å². The molecule has 2 aliphatic carbocycles. The molecule has 0 amide bonds. The van der Waals surface area contributed by atoms with Gasteiger partial charge in [-0.05, 0) is 53.7 Å². The molecule has 3 atom stereocenters. The minimum absolute atomic E-state index is 0.745. The molecule has 0 saturated heterocycles. The Kier molecular flexibility index (Phi) is 2.66. The third kappa shape index (κ3) is 1.67. The molecule has 0 N–H and O–H groups in total. The summed E-state index contributed by atoms with van der Waals surface area (Å²) in [7, 11) is 0. The first-order chi connectivity index (χ1) is 8.33. The minimum atomic E-state index is 0.745. The highest BCUT2D eigenvalue weighted by Gasteiger charge is 2.37. The van der Waals surface area contributed by atoms with E-state index in [1.54, 1.807) is 5.56 Å². The summed E-state index contributed by atoms with van der Waals surface area (Å²) in [5, 5.41) is 0. The van der Waals surface area contributed by atoms with Gasteiger partial charge < -0.3 is 0 Å². The monoisotopic (exact) mass is 224 g/mol. The van der Waals surface area contributed by atoms with Gasteiger partial charge in [-0.2, -0.15) is 0 Å². The van der Waals surface area contributed by atoms with Gasteiger partial charge in [0.2, 0.25) is 0 Å². The van der Waals surface area contributed by atoms with E-state index in [0.29, 0.717) is 0 Å². The van der Waals surface area contributed by atoms with Crippen LogP contribution < -0.4 is 0 Å². The van der Waals surface area contributed by atoms with E-state index in [-0.39, 0.29) is 0 Å². The van der Waals surface area contributed by atoms with E-state index in [0.717, 1.165) is 24.2 Å². The van der Waals surface area contributed by atoms with Crippen molar-refractivity contribution in [3.8, 4) is 0 Å². The van der Waals surface area contributed by atoms with E-state index < -0.39 is 0 Å². The lowest BCUT2D eigenvalue weighted by Gasteiger charge is -2.23. The fourth-order valence-electron chi connectivity index (χ4n) is 3.68. The van der Waals surface area contributed by atoms with Crippen LogP contribution in [-0.2, 0) is 6.42 Å². The zero-order valence-corrected chi connectivity index (χ0v) is 10.5. The molecule has 0 heteroatoms. The fourth-order valence-corrected chi connectivity index (χ4v) is 3.68. The molecular formula is C17H20. The number of fused-ring (bicyclic) bond motifs is 2. The molecule has 3 rings (SSSR count). The van der Waals surface area contributed by atoms with Gasteiger partial charge in [0, 0.05) is 0 Å². The van der Waals surface area contributed by atoms with Crippen LogP contribution in [0.25, 0.3) is 6.08 Å². The molecule has 0 heterocycles. The molecule has 1 aromatic carbocycles. The molecule has 88 valence electrons. The zero-order chi connectivity index (χ0) is 11.8. The van der Waals surface area contributed by atoms with Gasteiger partial charge in [0.25, 0.3) is 0 Å². The smallest absolute Gasteiger partial charge is 0.00845 e. The lowest BCUT2D eigenvalue weighted by molar-refractivity contribution is 0.580. The lowest BCUT2D eigenvalue weighted by Crippen LogP contribution is -2.09. The van der Waals surface area contributed by atoms with Crippen LogP contribution in [0.4, 0.5) is 0 Å². The summed E-state index contributed by atoms with van der Waals surface area (Å²) in [5.74, 6) is 2.37. The minimum Gasteiger partial charge on any atom is -0.0985 e. The second-order valence-electron chi connectivity index (χ2n) is 5.36. The normalized spacial score (nSPS) is 29.8. The molecule has 3 unspecified atom stereocenters. The Morgan fingerprint density at radius 2 is 2.18 bits per heavy atom. The maximum absolute atomic E-state index is 3.98. The van der Waals surface area contributed by atoms with Crippen LogP contribution in [0, 0.1) is 11.8 Å². The van der Waals surface area contributed by atoms with Crippen molar-refractivity contribution in [2.24, 2.45) is 11.8 Å². The molecule has 17 heavy (non-hydrogen) atoms. The molecule has 1 aromatic rings. The van der Waals surface area contributed by atoms with Crippen LogP contribution in [0.15, 0.2) is 36.9 Å². The first-order valence-corrected chi connectivity index (χ1v) is 6.76. The van der Waals surface area contributed by atoms with Gasteiger partial charge in [-0.1, -0.05) is 49.9 Å². The van der Waals surface area contributed by atoms with Crippen molar-refractivity contribution in [2.45, 2.75) is 32.1 Å². The summed E-state index contributed by atoms with van der Waals surface area (Å²) in [4.78, 5) is 0. The van der Waals surface area contributed by atoms with Gasteiger partial charge in [-0.15, -0.1) is 0 Å². The van der Waals surface area contributed by atoms with Crippen molar-refractivity contribution in [1.29, 1.82) is 0 Å². The number of aryl methyl sites for hydroxylation is 1. The second-order valence-corrected chi connectivity index (χ2v) is 5.36. The highest BCUT2D eigenvalue weighted by Crippen LogP contribution is 2.50. The summed E-state index contributed by atoms with van der Waals surface area (Å²) in [6.45, 7) is 6.24. The van der Waals surface area contributed by atoms with E-state index in [4.69, 9.17) is 0 Å². The SMILES string of the molecule is C=Cc1cccc(CC)c1C1CC2C=CC1C2. The van der Waals surface area contributed by atoms with Gasteiger partial charge >= 0.3 is 0 Å². The Labute approximate surface area is 104 Å². The maximum Gasteiger partial charge on any atom is -0.00845 e. The third-order valence-corrected chi connectivity index (χ3v) is 4.48. The van der Waals surface area contributed by atoms with Crippen LogP contribution in [0.5, 0.6) is 0 Å². The average Bonchev–Trinajstić information content (AvgIpc) is 2.99. The lowest BCUT2D eigenvalue weighted by atomic mass is 9.81. The largest absolute Gasteiger partial charge is 0.0985 e. The zero-order valence-electron chi connectivity index (χ0n) is 10.5. The average molecular weight is 224 g/mol. The summed E-state index contributed by atoms with van der Waals surface area (Å²) >= 11 is 0. The molecule has 0 aromatic heterocycles. The Morgan fingerprint density at radius 1 is 1.29 bits per heavy atom. The highest BCUT2D eigenvalue weighted by atomic mass is 14.4. The fraction of sp³-hybridized carbons (Fsp3) is 0.412. The Balaban J connectivity index is 2.07. The second kappa shape index (κ2) is 4.18. The molecule has 1 saturated carbocycles. The predicted octanol–water partition coefficient (Wildman–Crippen LogP) is 4.57. The molecule has 0 spiro atoms. The van der Waals surface area contributed by atoms with Gasteiger partial charge in [-0.25, -0.2) is 0 Å². The molecule has 2 aliphatic rings. The van der Waals surface area contributed by atoms with Crippen molar-refractivity contribution in [1.82, 2.24) is 0 Å². The van der Waals surface area contributed by atoms with Crippen molar-refractivity contribution in [3.05, 3.63) is 53.6 Å². The standard InChI is InChI=1S/C17H20/c1-3-13-6-5-7-14(4-2)17(13)16-11-12-8-9-15(16)10-12/h3,5-9,12,15-16H,1,4,10-11H2,2H3. The van der Waals surface area contributed by atoms with E-state index in [9.17, 15) is 0 Å². The summed E-state index contributed by atoms with van der Waals surface area (Å²) in [6, 6.07) is 6.68. The van der Waals surface area contributed by atoms with E-state index in [1.807, 2.05) is 6.08 Å². The number of rotatable bonds is 3. The quantitative estimate of drug-likeness (QED) is 0.660. The van der Waals surface area contributed by atoms with E-state index in [1.165, 1.54) is 24.0 Å². The molecule has 2 bridgehead atoms. The van der Waals surface area contributed by atoms with Crippen LogP contribution in [0.3, 0.4) is 0 Å². The topological polar surface area (TPSA) is 0 Å². The molecule has 0 nitrogen and oxygen atoms in total. The van der Waals surface area contributed by atoms with E-state index in [2.05, 4.69) is 43.9 Å². The van der Waals surface area contributed by atoms with Crippen molar-refractivity contribution >= 4 is 6.08 Å². The number of hydrogen-bond donors (Lipinski definition) is 0. The van der Waals surface area contributed by atoms with Crippen LogP contribution in [-0.4, -0.2) is 0 Å². The summed E-state index contributed by atoms with van der Waals surface area (Å²) in [6.07, 6.45) is 10.7. The van der Waals surface area contributed by atoms with Crippen LogP contribution in [0.2, 0.25) is 0 Å². The van der Waals surface area contributed by atoms with Gasteiger partial charge in [-0.3, -0.25) is 0 Å². The molecule has 1 fully saturated rings. The van der Waals surface area contributed by atoms with Crippen molar-refractivity contribution < 1.29 is 0 Å². The number of hydrogen-bond acceptors (Lipinski definition) is 0. The highest BCUT2D eigenvalue weighted by molar-refractivity contribution is 5.56. The van der Waals surface area contributed by atoms with E-state index >= 15 is 0 Å². The maximum atomic E-state index is 3.98. The van der Waals surface area contributed by atoms with Gasteiger partial charge in [0.1, 0.15) is 0 Å². The first kappa shape index (κ1) is 10.8. The first-order valence-electron chi connectivity index (χ1n) is 6.76. The Morgan fingerprint density at radius 3 is 2.76 bits per heavy atom. The Hall–Kier alpha value is -1.30. The number of allylic oxidation sites excluding steroid dienone is 2. The molecule has 0 aliphatic heterocycles. The predicted molar refractivity (Wildman–Crippen MR) is 74.0 cm³/mol. The summed E-state index contributed by atoms with van der Waals surface area (Å²) < 4.78 is 0. The summed E-state index contributed by atoms with van der Waals surface area (Å²) in [5.41, 5.74) is 4.46. The Bertz CT molecular complexity index is 467. The van der Waals surface area contributed by atoms with Crippen molar-refractivity contribution in [3.63, 3.8) is 0 Å². The van der Waals surface area contributed by atoms with Crippen molar-refractivity contribution in [2.75, 3.05) is 0 Å². The molecule has 0 radical (unpaired) electrons. The van der Waals surface area contributed by atoms with Crippen LogP contribution in [0.1, 0.15) is 42.4 Å². The van der Waals surface area contributed by atoms with Crippen LogP contribution >= 0.6 is 0 Å².